The lowest BCUT2D eigenvalue weighted by molar-refractivity contribution is 1.18. The van der Waals surface area contributed by atoms with Crippen LogP contribution in [-0.4, -0.2) is 4.57 Å². The van der Waals surface area contributed by atoms with Crippen LogP contribution in [0.1, 0.15) is 0 Å². The van der Waals surface area contributed by atoms with Crippen molar-refractivity contribution in [3.8, 4) is 16.8 Å². The van der Waals surface area contributed by atoms with Gasteiger partial charge >= 0.3 is 0 Å². The largest absolute Gasteiger partial charge is 0.309 e. The van der Waals surface area contributed by atoms with Crippen molar-refractivity contribution in [2.75, 3.05) is 0 Å². The number of rotatable bonds is 2. The maximum atomic E-state index is 3.72. The molecular formula is C24H16BrN. The Morgan fingerprint density at radius 3 is 1.65 bits per heavy atom. The van der Waals surface area contributed by atoms with Crippen molar-refractivity contribution in [1.29, 1.82) is 0 Å². The Labute approximate surface area is 160 Å². The average molecular weight is 398 g/mol. The van der Waals surface area contributed by atoms with Gasteiger partial charge in [-0.25, -0.2) is 0 Å². The van der Waals surface area contributed by atoms with Crippen molar-refractivity contribution in [2.45, 2.75) is 0 Å². The van der Waals surface area contributed by atoms with E-state index < -0.39 is 0 Å². The molecule has 124 valence electrons. The molecule has 0 aliphatic rings. The van der Waals surface area contributed by atoms with Crippen molar-refractivity contribution in [3.05, 3.63) is 102 Å². The summed E-state index contributed by atoms with van der Waals surface area (Å²) in [6, 6.07) is 34.3. The minimum Gasteiger partial charge on any atom is -0.309 e. The van der Waals surface area contributed by atoms with Gasteiger partial charge in [0.1, 0.15) is 0 Å². The second-order valence-corrected chi connectivity index (χ2v) is 7.22. The van der Waals surface area contributed by atoms with Crippen molar-refractivity contribution < 1.29 is 0 Å². The molecule has 0 fully saturated rings. The fourth-order valence-electron chi connectivity index (χ4n) is 3.76. The Morgan fingerprint density at radius 2 is 1.00 bits per heavy atom. The third kappa shape index (κ3) is 2.30. The van der Waals surface area contributed by atoms with Crippen LogP contribution in [0.5, 0.6) is 0 Å². The lowest BCUT2D eigenvalue weighted by Crippen LogP contribution is -1.97. The van der Waals surface area contributed by atoms with E-state index in [-0.39, 0.29) is 0 Å². The number of fused-ring (bicyclic) bond motifs is 3. The molecule has 26 heavy (non-hydrogen) atoms. The van der Waals surface area contributed by atoms with E-state index in [1.807, 2.05) is 0 Å². The molecule has 0 N–H and O–H groups in total. The van der Waals surface area contributed by atoms with E-state index in [1.165, 1.54) is 38.6 Å². The highest BCUT2D eigenvalue weighted by molar-refractivity contribution is 9.10. The number of benzene rings is 4. The molecule has 0 amide bonds. The Morgan fingerprint density at radius 1 is 0.500 bits per heavy atom. The van der Waals surface area contributed by atoms with Crippen LogP contribution in [-0.2, 0) is 0 Å². The zero-order chi connectivity index (χ0) is 17.5. The first-order chi connectivity index (χ1) is 12.8. The van der Waals surface area contributed by atoms with Gasteiger partial charge in [-0.15, -0.1) is 0 Å². The van der Waals surface area contributed by atoms with Gasteiger partial charge < -0.3 is 4.57 Å². The first-order valence-electron chi connectivity index (χ1n) is 8.67. The first-order valence-corrected chi connectivity index (χ1v) is 9.46. The number of halogens is 1. The monoisotopic (exact) mass is 397 g/mol. The van der Waals surface area contributed by atoms with Crippen LogP contribution in [0, 0.1) is 0 Å². The van der Waals surface area contributed by atoms with E-state index in [0.29, 0.717) is 0 Å². The quantitative estimate of drug-likeness (QED) is 0.296. The number of aromatic nitrogens is 1. The summed E-state index contributed by atoms with van der Waals surface area (Å²) < 4.78 is 3.48. The minimum atomic E-state index is 1.10. The molecule has 0 saturated carbocycles. The van der Waals surface area contributed by atoms with Crippen LogP contribution in [0.2, 0.25) is 0 Å². The predicted molar refractivity (Wildman–Crippen MR) is 114 cm³/mol. The molecule has 0 saturated heterocycles. The molecule has 0 unspecified atom stereocenters. The van der Waals surface area contributed by atoms with Crippen molar-refractivity contribution in [1.82, 2.24) is 4.57 Å². The van der Waals surface area contributed by atoms with Crippen LogP contribution in [0.25, 0.3) is 38.6 Å². The van der Waals surface area contributed by atoms with Gasteiger partial charge in [0.2, 0.25) is 0 Å². The summed E-state index contributed by atoms with van der Waals surface area (Å²) in [5, 5.41) is 2.56. The van der Waals surface area contributed by atoms with Gasteiger partial charge in [0.05, 0.1) is 16.7 Å². The zero-order valence-corrected chi connectivity index (χ0v) is 15.6. The summed E-state index contributed by atoms with van der Waals surface area (Å²) in [5.74, 6) is 0. The zero-order valence-electron chi connectivity index (χ0n) is 14.1. The van der Waals surface area contributed by atoms with Gasteiger partial charge in [0.25, 0.3) is 0 Å². The Bertz CT molecular complexity index is 1200. The molecule has 1 aromatic heterocycles. The van der Waals surface area contributed by atoms with Gasteiger partial charge in [0.15, 0.2) is 0 Å². The topological polar surface area (TPSA) is 4.93 Å². The second kappa shape index (κ2) is 6.15. The highest BCUT2D eigenvalue weighted by Crippen LogP contribution is 2.37. The fraction of sp³-hybridized carbons (Fsp3) is 0. The molecule has 0 aliphatic heterocycles. The number of hydrogen-bond donors (Lipinski definition) is 0. The van der Waals surface area contributed by atoms with Crippen LogP contribution >= 0.6 is 15.9 Å². The normalized spacial score (nSPS) is 11.3. The van der Waals surface area contributed by atoms with E-state index in [1.54, 1.807) is 0 Å². The summed E-state index contributed by atoms with van der Waals surface area (Å²) in [7, 11) is 0. The van der Waals surface area contributed by atoms with E-state index in [4.69, 9.17) is 0 Å². The van der Waals surface area contributed by atoms with Crippen molar-refractivity contribution in [2.24, 2.45) is 0 Å². The van der Waals surface area contributed by atoms with Gasteiger partial charge in [-0.3, -0.25) is 0 Å². The molecule has 5 rings (SSSR count). The molecule has 0 bridgehead atoms. The number of hydrogen-bond acceptors (Lipinski definition) is 0. The highest BCUT2D eigenvalue weighted by atomic mass is 79.9. The number of nitrogens with zero attached hydrogens (tertiary/aromatic N) is 1. The van der Waals surface area contributed by atoms with Crippen LogP contribution in [0.15, 0.2) is 102 Å². The third-order valence-electron chi connectivity index (χ3n) is 4.89. The van der Waals surface area contributed by atoms with Crippen LogP contribution in [0.3, 0.4) is 0 Å². The molecule has 2 heteroatoms. The molecule has 0 aliphatic carbocycles. The molecule has 1 heterocycles. The maximum absolute atomic E-state index is 3.72. The summed E-state index contributed by atoms with van der Waals surface area (Å²) in [6.07, 6.45) is 0. The Hall–Kier alpha value is -2.84. The molecule has 5 aromatic rings. The second-order valence-electron chi connectivity index (χ2n) is 6.37. The van der Waals surface area contributed by atoms with Gasteiger partial charge in [-0.1, -0.05) is 88.7 Å². The van der Waals surface area contributed by atoms with E-state index in [0.717, 1.165) is 4.47 Å². The van der Waals surface area contributed by atoms with Crippen molar-refractivity contribution >= 4 is 37.7 Å². The predicted octanol–water partition coefficient (Wildman–Crippen LogP) is 7.21. The molecule has 4 aromatic carbocycles. The lowest BCUT2D eigenvalue weighted by atomic mass is 10.0. The van der Waals surface area contributed by atoms with Gasteiger partial charge in [-0.2, -0.15) is 0 Å². The molecule has 0 spiro atoms. The molecule has 0 radical (unpaired) electrons. The lowest BCUT2D eigenvalue weighted by Gasteiger charge is -2.14. The van der Waals surface area contributed by atoms with Crippen LogP contribution in [0.4, 0.5) is 0 Å². The highest BCUT2D eigenvalue weighted by Gasteiger charge is 2.15. The van der Waals surface area contributed by atoms with Crippen LogP contribution < -0.4 is 0 Å². The third-order valence-corrected chi connectivity index (χ3v) is 5.58. The molecular weight excluding hydrogens is 382 g/mol. The fourth-order valence-corrected chi connectivity index (χ4v) is 4.26. The maximum Gasteiger partial charge on any atom is 0.0541 e. The summed E-state index contributed by atoms with van der Waals surface area (Å²) >= 11 is 3.72. The minimum absolute atomic E-state index is 1.10. The van der Waals surface area contributed by atoms with E-state index in [9.17, 15) is 0 Å². The first kappa shape index (κ1) is 15.4. The smallest absolute Gasteiger partial charge is 0.0541 e. The summed E-state index contributed by atoms with van der Waals surface area (Å²) in [5.41, 5.74) is 6.06. The SMILES string of the molecule is Brc1ccccc1-c1ccccc1-n1c2ccccc2c2ccccc21. The number of para-hydroxylation sites is 3. The van der Waals surface area contributed by atoms with Gasteiger partial charge in [-0.05, 0) is 29.8 Å². The Kier molecular flexibility index (Phi) is 3.65. The average Bonchev–Trinajstić information content (AvgIpc) is 3.03. The summed E-state index contributed by atoms with van der Waals surface area (Å²) in [4.78, 5) is 0. The summed E-state index contributed by atoms with van der Waals surface area (Å²) in [6.45, 7) is 0. The standard InChI is InChI=1S/C24H16BrN/c25-21-13-5-1-9-17(21)18-10-2-6-14-22(18)26-23-15-7-3-11-19(23)20-12-4-8-16-24(20)26/h1-16H. The van der Waals surface area contributed by atoms with E-state index in [2.05, 4.69) is 118 Å². The molecule has 1 nitrogen and oxygen atoms in total. The van der Waals surface area contributed by atoms with Crippen molar-refractivity contribution in [3.63, 3.8) is 0 Å². The van der Waals surface area contributed by atoms with Gasteiger partial charge in [0, 0.05) is 20.8 Å². The molecule has 0 atom stereocenters. The van der Waals surface area contributed by atoms with E-state index >= 15 is 0 Å². The Balaban J connectivity index is 1.92.